The van der Waals surface area contributed by atoms with E-state index in [4.69, 9.17) is 16.3 Å². The van der Waals surface area contributed by atoms with Gasteiger partial charge in [-0.3, -0.25) is 4.79 Å². The monoisotopic (exact) mass is 491 g/mol. The van der Waals surface area contributed by atoms with E-state index in [9.17, 15) is 9.59 Å². The number of rotatable bonds is 6. The summed E-state index contributed by atoms with van der Waals surface area (Å²) in [4.78, 5) is 29.2. The summed E-state index contributed by atoms with van der Waals surface area (Å²) >= 11 is 9.54. The molecule has 2 aromatic heterocycles. The maximum atomic E-state index is 12.6. The quantitative estimate of drug-likeness (QED) is 0.479. The van der Waals surface area contributed by atoms with Crippen molar-refractivity contribution in [2.75, 3.05) is 6.61 Å². The molecule has 0 spiro atoms. The van der Waals surface area contributed by atoms with Crippen LogP contribution < -0.4 is 5.56 Å². The largest absolute Gasteiger partial charge is 0.461 e. The molecule has 2 heterocycles. The Morgan fingerprint density at radius 1 is 1.27 bits per heavy atom. The summed E-state index contributed by atoms with van der Waals surface area (Å²) in [6.07, 6.45) is 2.39. The molecule has 0 bridgehead atoms. The van der Waals surface area contributed by atoms with E-state index in [1.807, 2.05) is 48.1 Å². The van der Waals surface area contributed by atoms with Gasteiger partial charge in [0.2, 0.25) is 0 Å². The van der Waals surface area contributed by atoms with Crippen LogP contribution in [0, 0.1) is 6.92 Å². The molecule has 158 valence electrons. The van der Waals surface area contributed by atoms with Crippen LogP contribution in [0.2, 0.25) is 5.02 Å². The minimum Gasteiger partial charge on any atom is -0.461 e. The Bertz CT molecular complexity index is 1110. The van der Waals surface area contributed by atoms with E-state index < -0.39 is 5.97 Å². The van der Waals surface area contributed by atoms with Crippen molar-refractivity contribution in [2.24, 2.45) is 14.1 Å². The first kappa shape index (κ1) is 22.3. The number of esters is 1. The number of carbonyl (C=O) groups is 1. The number of pyridine rings is 1. The first-order valence-electron chi connectivity index (χ1n) is 9.53. The number of aryl methyl sites for hydroxylation is 2. The second kappa shape index (κ2) is 9.18. The number of imidazole rings is 1. The number of hydrogen-bond donors (Lipinski definition) is 0. The van der Waals surface area contributed by atoms with Crippen LogP contribution in [0.3, 0.4) is 0 Å². The third kappa shape index (κ3) is 4.52. The van der Waals surface area contributed by atoms with Crippen molar-refractivity contribution in [2.45, 2.75) is 26.2 Å². The van der Waals surface area contributed by atoms with Crippen LogP contribution in [0.4, 0.5) is 0 Å². The molecular formula is C22H23BrClN3O3. The summed E-state index contributed by atoms with van der Waals surface area (Å²) in [5, 5.41) is 0.632. The Morgan fingerprint density at radius 3 is 2.53 bits per heavy atom. The Labute approximate surface area is 188 Å². The fourth-order valence-electron chi connectivity index (χ4n) is 3.61. The molecule has 0 aliphatic carbocycles. The first-order valence-corrected chi connectivity index (χ1v) is 10.7. The van der Waals surface area contributed by atoms with Crippen molar-refractivity contribution in [3.8, 4) is 0 Å². The van der Waals surface area contributed by atoms with Crippen LogP contribution in [0.15, 0.2) is 46.1 Å². The highest BCUT2D eigenvalue weighted by molar-refractivity contribution is 9.10. The van der Waals surface area contributed by atoms with Crippen LogP contribution in [0.5, 0.6) is 0 Å². The maximum Gasteiger partial charge on any atom is 0.358 e. The summed E-state index contributed by atoms with van der Waals surface area (Å²) in [6.45, 7) is 3.82. The minimum absolute atomic E-state index is 0.0303. The third-order valence-corrected chi connectivity index (χ3v) is 5.98. The topological polar surface area (TPSA) is 66.1 Å². The maximum absolute atomic E-state index is 12.6. The number of nitrogens with zero attached hydrogens (tertiary/aromatic N) is 3. The van der Waals surface area contributed by atoms with Gasteiger partial charge < -0.3 is 13.9 Å². The molecule has 0 fully saturated rings. The number of benzene rings is 1. The lowest BCUT2D eigenvalue weighted by molar-refractivity contribution is 0.0518. The van der Waals surface area contributed by atoms with Gasteiger partial charge in [-0.15, -0.1) is 0 Å². The third-order valence-electron chi connectivity index (χ3n) is 5.01. The molecule has 0 N–H and O–H groups in total. The standard InChI is InChI=1S/C22H23BrClN3O3/c1-5-30-21(29)18-19(27(4)22(23)25-18)17(15-6-8-16(24)9-7-15)11-14-10-13(2)20(28)26(3)12-14/h6-10,12,17H,5,11H2,1-4H3. The Balaban J connectivity index is 2.18. The van der Waals surface area contributed by atoms with Crippen LogP contribution >= 0.6 is 27.5 Å². The van der Waals surface area contributed by atoms with Crippen LogP contribution in [0.25, 0.3) is 0 Å². The molecule has 1 atom stereocenters. The van der Waals surface area contributed by atoms with Crippen molar-refractivity contribution in [1.29, 1.82) is 0 Å². The van der Waals surface area contributed by atoms with Gasteiger partial charge in [0, 0.05) is 36.8 Å². The van der Waals surface area contributed by atoms with E-state index in [2.05, 4.69) is 20.9 Å². The molecule has 0 saturated carbocycles. The van der Waals surface area contributed by atoms with Crippen LogP contribution in [-0.2, 0) is 25.3 Å². The molecule has 0 radical (unpaired) electrons. The van der Waals surface area contributed by atoms with Gasteiger partial charge in [-0.1, -0.05) is 23.7 Å². The highest BCUT2D eigenvalue weighted by atomic mass is 79.9. The molecule has 30 heavy (non-hydrogen) atoms. The predicted molar refractivity (Wildman–Crippen MR) is 120 cm³/mol. The number of aromatic nitrogens is 3. The lowest BCUT2D eigenvalue weighted by atomic mass is 9.88. The SMILES string of the molecule is CCOC(=O)c1nc(Br)n(C)c1C(Cc1cc(C)c(=O)n(C)c1)c1ccc(Cl)cc1. The Hall–Kier alpha value is -2.38. The number of halogens is 2. The van der Waals surface area contributed by atoms with Gasteiger partial charge in [0.15, 0.2) is 10.4 Å². The molecule has 6 nitrogen and oxygen atoms in total. The average molecular weight is 493 g/mol. The van der Waals surface area contributed by atoms with Gasteiger partial charge >= 0.3 is 5.97 Å². The van der Waals surface area contributed by atoms with Gasteiger partial charge in [0.25, 0.3) is 5.56 Å². The number of ether oxygens (including phenoxy) is 1. The van der Waals surface area contributed by atoms with Crippen molar-refractivity contribution < 1.29 is 9.53 Å². The summed E-state index contributed by atoms with van der Waals surface area (Å²) in [5.74, 6) is -0.674. The molecule has 0 aliphatic rings. The van der Waals surface area contributed by atoms with Crippen molar-refractivity contribution in [3.63, 3.8) is 0 Å². The Kier molecular flexibility index (Phi) is 6.83. The molecule has 1 aromatic carbocycles. The summed E-state index contributed by atoms with van der Waals surface area (Å²) in [6, 6.07) is 9.42. The lowest BCUT2D eigenvalue weighted by Crippen LogP contribution is -2.21. The van der Waals surface area contributed by atoms with Gasteiger partial charge in [-0.25, -0.2) is 9.78 Å². The summed E-state index contributed by atoms with van der Waals surface area (Å²) in [7, 11) is 3.59. The molecular weight excluding hydrogens is 470 g/mol. The van der Waals surface area contributed by atoms with Gasteiger partial charge in [-0.05, 0) is 65.5 Å². The van der Waals surface area contributed by atoms with E-state index in [1.54, 1.807) is 25.5 Å². The van der Waals surface area contributed by atoms with Crippen molar-refractivity contribution >= 4 is 33.5 Å². The molecule has 0 saturated heterocycles. The molecule has 3 aromatic rings. The van der Waals surface area contributed by atoms with E-state index in [1.165, 1.54) is 0 Å². The Morgan fingerprint density at radius 2 is 1.93 bits per heavy atom. The smallest absolute Gasteiger partial charge is 0.358 e. The van der Waals surface area contributed by atoms with Crippen LogP contribution in [-0.4, -0.2) is 26.7 Å². The van der Waals surface area contributed by atoms with Gasteiger partial charge in [0.05, 0.1) is 12.3 Å². The highest BCUT2D eigenvalue weighted by Gasteiger charge is 2.29. The number of hydrogen-bond acceptors (Lipinski definition) is 4. The second-order valence-corrected chi connectivity index (χ2v) is 8.30. The molecule has 0 aliphatic heterocycles. The first-order chi connectivity index (χ1) is 14.2. The predicted octanol–water partition coefficient (Wildman–Crippen LogP) is 4.39. The fraction of sp³-hybridized carbons (Fsp3) is 0.318. The van der Waals surface area contributed by atoms with Gasteiger partial charge in [0.1, 0.15) is 0 Å². The van der Waals surface area contributed by atoms with Crippen molar-refractivity contribution in [3.05, 3.63) is 84.7 Å². The fourth-order valence-corrected chi connectivity index (χ4v) is 4.10. The lowest BCUT2D eigenvalue weighted by Gasteiger charge is -2.20. The van der Waals surface area contributed by atoms with E-state index in [0.29, 0.717) is 21.7 Å². The van der Waals surface area contributed by atoms with Gasteiger partial charge in [-0.2, -0.15) is 0 Å². The summed E-state index contributed by atoms with van der Waals surface area (Å²) < 4.78 is 9.21. The van der Waals surface area contributed by atoms with Crippen LogP contribution in [0.1, 0.15) is 45.7 Å². The zero-order chi connectivity index (χ0) is 22.0. The minimum atomic E-state index is -0.468. The molecule has 3 rings (SSSR count). The van der Waals surface area contributed by atoms with E-state index in [0.717, 1.165) is 16.8 Å². The average Bonchev–Trinajstić information content (AvgIpc) is 3.00. The van der Waals surface area contributed by atoms with E-state index in [-0.39, 0.29) is 23.8 Å². The second-order valence-electron chi connectivity index (χ2n) is 7.15. The van der Waals surface area contributed by atoms with E-state index >= 15 is 0 Å². The zero-order valence-electron chi connectivity index (χ0n) is 17.3. The molecule has 1 unspecified atom stereocenters. The number of carbonyl (C=O) groups excluding carboxylic acids is 1. The van der Waals surface area contributed by atoms with Crippen molar-refractivity contribution in [1.82, 2.24) is 14.1 Å². The molecule has 0 amide bonds. The summed E-state index contributed by atoms with van der Waals surface area (Å²) in [5.41, 5.74) is 3.59. The normalized spacial score (nSPS) is 12.1. The zero-order valence-corrected chi connectivity index (χ0v) is 19.6. The molecule has 8 heteroatoms. The highest BCUT2D eigenvalue weighted by Crippen LogP contribution is 2.33.